The third-order valence-electron chi connectivity index (χ3n) is 1.38. The van der Waals surface area contributed by atoms with E-state index in [9.17, 15) is 12.8 Å². The maximum atomic E-state index is 12.7. The Kier molecular flexibility index (Phi) is 3.97. The Morgan fingerprint density at radius 2 is 2.21 bits per heavy atom. The van der Waals surface area contributed by atoms with Gasteiger partial charge in [0.2, 0.25) is 10.0 Å². The molecule has 0 saturated heterocycles. The van der Waals surface area contributed by atoms with Crippen molar-refractivity contribution in [1.82, 2.24) is 9.71 Å². The molecule has 0 bridgehead atoms. The summed E-state index contributed by atoms with van der Waals surface area (Å²) in [5.74, 6) is -0.674. The summed E-state index contributed by atoms with van der Waals surface area (Å²) in [4.78, 5) is 3.28. The third kappa shape index (κ3) is 3.00. The van der Waals surface area contributed by atoms with Gasteiger partial charge in [-0.05, 0) is 6.07 Å². The molecule has 1 rings (SSSR count). The van der Waals surface area contributed by atoms with E-state index in [4.69, 9.17) is 0 Å². The van der Waals surface area contributed by atoms with Crippen molar-refractivity contribution in [3.63, 3.8) is 0 Å². The second kappa shape index (κ2) is 4.81. The highest BCUT2D eigenvalue weighted by molar-refractivity contribution is 9.09. The van der Waals surface area contributed by atoms with Crippen LogP contribution in [0.1, 0.15) is 0 Å². The van der Waals surface area contributed by atoms with Crippen molar-refractivity contribution in [2.24, 2.45) is 0 Å². The molecule has 1 aromatic heterocycles. The van der Waals surface area contributed by atoms with Gasteiger partial charge < -0.3 is 0 Å². The highest BCUT2D eigenvalue weighted by Crippen LogP contribution is 2.07. The van der Waals surface area contributed by atoms with Crippen LogP contribution in [0.2, 0.25) is 0 Å². The van der Waals surface area contributed by atoms with Crippen molar-refractivity contribution in [3.05, 3.63) is 24.3 Å². The summed E-state index contributed by atoms with van der Waals surface area (Å²) in [5.41, 5.74) is 0. The molecule has 1 heterocycles. The Labute approximate surface area is 89.7 Å². The molecular weight excluding hydrogens is 275 g/mol. The fraction of sp³-hybridized carbons (Fsp3) is 0.286. The summed E-state index contributed by atoms with van der Waals surface area (Å²) in [6, 6.07) is 0.920. The van der Waals surface area contributed by atoms with Crippen LogP contribution >= 0.6 is 15.9 Å². The van der Waals surface area contributed by atoms with Gasteiger partial charge in [-0.1, -0.05) is 15.9 Å². The minimum absolute atomic E-state index is 0.168. The number of halogens is 2. The first-order valence-electron chi connectivity index (χ1n) is 3.72. The van der Waals surface area contributed by atoms with E-state index in [0.29, 0.717) is 5.33 Å². The molecule has 0 fully saturated rings. The maximum absolute atomic E-state index is 12.7. The van der Waals surface area contributed by atoms with Crippen LogP contribution in [0.4, 0.5) is 4.39 Å². The Balaban J connectivity index is 2.93. The number of sulfonamides is 1. The van der Waals surface area contributed by atoms with Crippen molar-refractivity contribution in [1.29, 1.82) is 0 Å². The lowest BCUT2D eigenvalue weighted by Crippen LogP contribution is -2.25. The summed E-state index contributed by atoms with van der Waals surface area (Å²) >= 11 is 3.07. The molecule has 4 nitrogen and oxygen atoms in total. The molecule has 0 aliphatic rings. The summed E-state index contributed by atoms with van der Waals surface area (Å²) in [5, 5.41) is 0.495. The van der Waals surface area contributed by atoms with Gasteiger partial charge in [0.1, 0.15) is 10.7 Å². The molecule has 0 atom stereocenters. The van der Waals surface area contributed by atoms with Crippen LogP contribution in [-0.2, 0) is 10.0 Å². The molecule has 7 heteroatoms. The molecule has 0 radical (unpaired) electrons. The molecular formula is C7H8BrFN2O2S. The van der Waals surface area contributed by atoms with Crippen LogP contribution < -0.4 is 4.72 Å². The molecule has 0 spiro atoms. The van der Waals surface area contributed by atoms with Crippen LogP contribution in [0.3, 0.4) is 0 Å². The van der Waals surface area contributed by atoms with Crippen molar-refractivity contribution < 1.29 is 12.8 Å². The van der Waals surface area contributed by atoms with Gasteiger partial charge in [0.05, 0.1) is 6.20 Å². The zero-order valence-electron chi connectivity index (χ0n) is 7.07. The number of nitrogens with zero attached hydrogens (tertiary/aromatic N) is 1. The summed E-state index contributed by atoms with van der Waals surface area (Å²) in [6.45, 7) is 0.249. The Bertz CT molecular complexity index is 410. The lowest BCUT2D eigenvalue weighted by molar-refractivity contribution is 0.578. The van der Waals surface area contributed by atoms with Crippen molar-refractivity contribution in [2.45, 2.75) is 4.90 Å². The lowest BCUT2D eigenvalue weighted by atomic mass is 10.5. The molecule has 78 valence electrons. The molecule has 0 aromatic carbocycles. The Morgan fingerprint density at radius 1 is 1.50 bits per heavy atom. The van der Waals surface area contributed by atoms with E-state index < -0.39 is 15.8 Å². The SMILES string of the molecule is O=S(=O)(NCCBr)c1cncc(F)c1. The smallest absolute Gasteiger partial charge is 0.242 e. The first-order valence-corrected chi connectivity index (χ1v) is 6.33. The first kappa shape index (κ1) is 11.5. The molecule has 0 amide bonds. The van der Waals surface area contributed by atoms with Gasteiger partial charge in [-0.15, -0.1) is 0 Å². The van der Waals surface area contributed by atoms with Crippen LogP contribution in [0.5, 0.6) is 0 Å². The van der Waals surface area contributed by atoms with Gasteiger partial charge in [0, 0.05) is 18.1 Å². The van der Waals surface area contributed by atoms with Crippen molar-refractivity contribution in [2.75, 3.05) is 11.9 Å². The fourth-order valence-corrected chi connectivity index (χ4v) is 2.26. The average Bonchev–Trinajstić information content (AvgIpc) is 2.15. The molecule has 0 unspecified atom stereocenters. The predicted octanol–water partition coefficient (Wildman–Crippen LogP) is 0.894. The van der Waals surface area contributed by atoms with Gasteiger partial charge in [0.15, 0.2) is 0 Å². The van der Waals surface area contributed by atoms with E-state index in [1.54, 1.807) is 0 Å². The van der Waals surface area contributed by atoms with E-state index in [-0.39, 0.29) is 11.4 Å². The Hall–Kier alpha value is -0.530. The second-order valence-electron chi connectivity index (χ2n) is 2.43. The normalized spacial score (nSPS) is 11.6. The van der Waals surface area contributed by atoms with E-state index in [1.807, 2.05) is 0 Å². The number of hydrogen-bond acceptors (Lipinski definition) is 3. The van der Waals surface area contributed by atoms with Gasteiger partial charge in [-0.2, -0.15) is 0 Å². The summed E-state index contributed by atoms with van der Waals surface area (Å²) in [7, 11) is -3.63. The number of hydrogen-bond donors (Lipinski definition) is 1. The lowest BCUT2D eigenvalue weighted by Gasteiger charge is -2.03. The van der Waals surface area contributed by atoms with E-state index in [2.05, 4.69) is 25.6 Å². The fourth-order valence-electron chi connectivity index (χ4n) is 0.796. The standard InChI is InChI=1S/C7H8BrFN2O2S/c8-1-2-11-14(12,13)7-3-6(9)4-10-5-7/h3-5,11H,1-2H2. The maximum Gasteiger partial charge on any atom is 0.242 e. The summed E-state index contributed by atoms with van der Waals surface area (Å²) < 4.78 is 37.7. The minimum Gasteiger partial charge on any atom is -0.260 e. The molecule has 0 aliphatic carbocycles. The monoisotopic (exact) mass is 282 g/mol. The topological polar surface area (TPSA) is 59.1 Å². The largest absolute Gasteiger partial charge is 0.260 e. The van der Waals surface area contributed by atoms with Crippen molar-refractivity contribution in [3.8, 4) is 0 Å². The highest BCUT2D eigenvalue weighted by atomic mass is 79.9. The van der Waals surface area contributed by atoms with Gasteiger partial charge in [-0.25, -0.2) is 17.5 Å². The first-order chi connectivity index (χ1) is 6.56. The van der Waals surface area contributed by atoms with Crippen molar-refractivity contribution >= 4 is 26.0 Å². The van der Waals surface area contributed by atoms with E-state index in [1.165, 1.54) is 0 Å². The van der Waals surface area contributed by atoms with Crippen LogP contribution in [0, 0.1) is 5.82 Å². The zero-order chi connectivity index (χ0) is 10.6. The highest BCUT2D eigenvalue weighted by Gasteiger charge is 2.13. The van der Waals surface area contributed by atoms with Gasteiger partial charge in [-0.3, -0.25) is 4.98 Å². The van der Waals surface area contributed by atoms with Crippen LogP contribution in [0.15, 0.2) is 23.4 Å². The number of aromatic nitrogens is 1. The van der Waals surface area contributed by atoms with E-state index in [0.717, 1.165) is 18.5 Å². The molecule has 1 aromatic rings. The van der Waals surface area contributed by atoms with E-state index >= 15 is 0 Å². The molecule has 0 saturated carbocycles. The zero-order valence-corrected chi connectivity index (χ0v) is 9.48. The van der Waals surface area contributed by atoms with Gasteiger partial charge in [0.25, 0.3) is 0 Å². The minimum atomic E-state index is -3.63. The number of rotatable bonds is 4. The number of alkyl halides is 1. The molecule has 0 aliphatic heterocycles. The van der Waals surface area contributed by atoms with Crippen LogP contribution in [-0.4, -0.2) is 25.3 Å². The summed E-state index contributed by atoms with van der Waals surface area (Å²) in [6.07, 6.45) is 2.04. The Morgan fingerprint density at radius 3 is 2.79 bits per heavy atom. The number of pyridine rings is 1. The third-order valence-corrected chi connectivity index (χ3v) is 3.20. The van der Waals surface area contributed by atoms with Gasteiger partial charge >= 0.3 is 0 Å². The molecule has 1 N–H and O–H groups in total. The number of nitrogens with one attached hydrogen (secondary N) is 1. The molecule has 14 heavy (non-hydrogen) atoms. The quantitative estimate of drug-likeness (QED) is 0.835. The second-order valence-corrected chi connectivity index (χ2v) is 4.99. The predicted molar refractivity (Wildman–Crippen MR) is 53.2 cm³/mol. The average molecular weight is 283 g/mol. The van der Waals surface area contributed by atoms with Crippen LogP contribution in [0.25, 0.3) is 0 Å².